The monoisotopic (exact) mass is 752 g/mol. The van der Waals surface area contributed by atoms with E-state index < -0.39 is 32.5 Å². The van der Waals surface area contributed by atoms with Crippen molar-refractivity contribution in [3.05, 3.63) is 60.8 Å². The van der Waals surface area contributed by atoms with E-state index in [-0.39, 0.29) is 26.1 Å². The Balaban J connectivity index is 4.37. The highest BCUT2D eigenvalue weighted by Crippen LogP contribution is 2.43. The highest BCUT2D eigenvalue weighted by atomic mass is 31.2. The maximum absolute atomic E-state index is 12.6. The van der Waals surface area contributed by atoms with E-state index in [9.17, 15) is 19.0 Å². The van der Waals surface area contributed by atoms with Crippen molar-refractivity contribution in [1.82, 2.24) is 5.32 Å². The van der Waals surface area contributed by atoms with E-state index in [1.54, 1.807) is 7.05 Å². The fourth-order valence-electron chi connectivity index (χ4n) is 5.00. The average Bonchev–Trinajstić information content (AvgIpc) is 3.12. The van der Waals surface area contributed by atoms with E-state index in [0.29, 0.717) is 19.4 Å². The Morgan fingerprint density at radius 1 is 0.596 bits per heavy atom. The Labute approximate surface area is 317 Å². The summed E-state index contributed by atoms with van der Waals surface area (Å²) in [6.45, 7) is 4.09. The van der Waals surface area contributed by atoms with Crippen molar-refractivity contribution in [1.29, 1.82) is 0 Å². The second kappa shape index (κ2) is 38.4. The predicted octanol–water partition coefficient (Wildman–Crippen LogP) is 11.2. The van der Waals surface area contributed by atoms with Crippen LogP contribution in [-0.4, -0.2) is 56.3 Å². The van der Waals surface area contributed by atoms with E-state index in [2.05, 4.69) is 79.9 Å². The summed E-state index contributed by atoms with van der Waals surface area (Å²) in [5.74, 6) is -0.874. The summed E-state index contributed by atoms with van der Waals surface area (Å²) in [5.41, 5.74) is 0. The van der Waals surface area contributed by atoms with Gasteiger partial charge in [-0.2, -0.15) is 0 Å². The number of allylic oxidation sites excluding steroid dienone is 10. The van der Waals surface area contributed by atoms with E-state index in [4.69, 9.17) is 18.5 Å². The molecule has 0 spiro atoms. The second-order valence-electron chi connectivity index (χ2n) is 13.1. The number of rotatable bonds is 37. The third-order valence-corrected chi connectivity index (χ3v) is 9.09. The number of unbranched alkanes of at least 4 members (excludes halogenated alkanes) is 13. The number of ether oxygens (including phenoxy) is 2. The van der Waals surface area contributed by atoms with Crippen molar-refractivity contribution in [3.63, 3.8) is 0 Å². The summed E-state index contributed by atoms with van der Waals surface area (Å²) in [6, 6.07) is 0. The molecule has 2 unspecified atom stereocenters. The zero-order valence-corrected chi connectivity index (χ0v) is 33.9. The van der Waals surface area contributed by atoms with Gasteiger partial charge in [-0.05, 0) is 90.5 Å². The van der Waals surface area contributed by atoms with Gasteiger partial charge in [-0.15, -0.1) is 0 Å². The van der Waals surface area contributed by atoms with Gasteiger partial charge in [0.2, 0.25) is 0 Å². The number of carbonyl (C=O) groups is 2. The normalized spacial score (nSPS) is 14.0. The van der Waals surface area contributed by atoms with Gasteiger partial charge in [-0.1, -0.05) is 120 Å². The first kappa shape index (κ1) is 49.7. The number of hydrogen-bond acceptors (Lipinski definition) is 8. The molecule has 0 bridgehead atoms. The van der Waals surface area contributed by atoms with E-state index >= 15 is 0 Å². The molecule has 0 aliphatic rings. The molecular weight excluding hydrogens is 677 g/mol. The van der Waals surface area contributed by atoms with Crippen molar-refractivity contribution >= 4 is 19.8 Å². The van der Waals surface area contributed by atoms with Crippen LogP contribution in [-0.2, 0) is 32.7 Å². The lowest BCUT2D eigenvalue weighted by Crippen LogP contribution is -2.29. The maximum atomic E-state index is 12.6. The van der Waals surface area contributed by atoms with Crippen LogP contribution in [0.3, 0.4) is 0 Å². The number of hydrogen-bond donors (Lipinski definition) is 2. The smallest absolute Gasteiger partial charge is 0.462 e. The molecule has 9 nitrogen and oxygen atoms in total. The number of esters is 2. The molecule has 52 heavy (non-hydrogen) atoms. The van der Waals surface area contributed by atoms with Crippen molar-refractivity contribution in [2.75, 3.05) is 33.4 Å². The number of phosphoric ester groups is 1. The van der Waals surface area contributed by atoms with Gasteiger partial charge in [0.25, 0.3) is 0 Å². The van der Waals surface area contributed by atoms with Crippen molar-refractivity contribution < 1.29 is 37.6 Å². The molecule has 2 atom stereocenters. The van der Waals surface area contributed by atoms with E-state index in [1.165, 1.54) is 44.9 Å². The lowest BCUT2D eigenvalue weighted by atomic mass is 10.1. The molecule has 2 N–H and O–H groups in total. The van der Waals surface area contributed by atoms with Crippen LogP contribution in [0.15, 0.2) is 60.8 Å². The molecule has 0 heterocycles. The quantitative estimate of drug-likeness (QED) is 0.0276. The molecule has 0 saturated carbocycles. The predicted molar refractivity (Wildman–Crippen MR) is 215 cm³/mol. The number of likely N-dealkylation sites (N-methyl/N-ethyl adjacent to an activating group) is 1. The van der Waals surface area contributed by atoms with Crippen LogP contribution in [0.4, 0.5) is 0 Å². The Morgan fingerprint density at radius 3 is 1.58 bits per heavy atom. The summed E-state index contributed by atoms with van der Waals surface area (Å²) in [5, 5.41) is 2.81. The van der Waals surface area contributed by atoms with Crippen LogP contribution in [0, 0.1) is 0 Å². The van der Waals surface area contributed by atoms with Gasteiger partial charge in [0.15, 0.2) is 6.10 Å². The zero-order chi connectivity index (χ0) is 38.2. The SMILES string of the molecule is CCCCC/C=C\C/C=C\C/C=C\CCCCC(=O)OC(COC(=O)CCCCCCC/C=C\C/C=C\CCCCC)COP(=O)(O)OCCNC. The number of carbonyl (C=O) groups excluding carboxylic acids is 2. The Bertz CT molecular complexity index is 1040. The molecule has 0 aromatic rings. The number of phosphoric acid groups is 1. The molecule has 0 aliphatic heterocycles. The van der Waals surface area contributed by atoms with E-state index in [1.807, 2.05) is 0 Å². The summed E-state index contributed by atoms with van der Waals surface area (Å²) in [4.78, 5) is 34.9. The molecule has 0 fully saturated rings. The molecule has 0 aromatic carbocycles. The van der Waals surface area contributed by atoms with E-state index in [0.717, 1.165) is 70.6 Å². The molecule has 0 radical (unpaired) electrons. The molecule has 300 valence electrons. The van der Waals surface area contributed by atoms with Gasteiger partial charge >= 0.3 is 19.8 Å². The largest absolute Gasteiger partial charge is 0.472 e. The van der Waals surface area contributed by atoms with Crippen LogP contribution in [0.25, 0.3) is 0 Å². The highest BCUT2D eigenvalue weighted by molar-refractivity contribution is 7.47. The topological polar surface area (TPSA) is 120 Å². The summed E-state index contributed by atoms with van der Waals surface area (Å²) >= 11 is 0. The van der Waals surface area contributed by atoms with Crippen molar-refractivity contribution in [3.8, 4) is 0 Å². The Morgan fingerprint density at radius 2 is 1.04 bits per heavy atom. The van der Waals surface area contributed by atoms with Crippen LogP contribution >= 0.6 is 7.82 Å². The zero-order valence-electron chi connectivity index (χ0n) is 33.0. The second-order valence-corrected chi connectivity index (χ2v) is 14.6. The fraction of sp³-hybridized carbons (Fsp3) is 0.714. The van der Waals surface area contributed by atoms with Crippen molar-refractivity contribution in [2.45, 2.75) is 161 Å². The highest BCUT2D eigenvalue weighted by Gasteiger charge is 2.26. The Hall–Kier alpha value is -2.29. The molecule has 0 aromatic heterocycles. The van der Waals surface area contributed by atoms with Gasteiger partial charge in [0.05, 0.1) is 13.2 Å². The van der Waals surface area contributed by atoms with Gasteiger partial charge in [0, 0.05) is 19.4 Å². The number of nitrogens with one attached hydrogen (secondary N) is 1. The minimum Gasteiger partial charge on any atom is -0.462 e. The minimum absolute atomic E-state index is 0.0292. The third-order valence-electron chi connectivity index (χ3n) is 8.11. The van der Waals surface area contributed by atoms with Gasteiger partial charge in [0.1, 0.15) is 6.61 Å². The molecule has 0 aliphatic carbocycles. The molecule has 0 saturated heterocycles. The first-order valence-electron chi connectivity index (χ1n) is 20.2. The lowest BCUT2D eigenvalue weighted by Gasteiger charge is -2.20. The lowest BCUT2D eigenvalue weighted by molar-refractivity contribution is -0.161. The first-order valence-corrected chi connectivity index (χ1v) is 21.7. The Kier molecular flexibility index (Phi) is 36.7. The molecule has 0 amide bonds. The fourth-order valence-corrected chi connectivity index (χ4v) is 5.75. The first-order chi connectivity index (χ1) is 25.3. The molecule has 10 heteroatoms. The van der Waals surface area contributed by atoms with Crippen LogP contribution in [0.1, 0.15) is 155 Å². The van der Waals surface area contributed by atoms with Gasteiger partial charge in [-0.25, -0.2) is 4.57 Å². The maximum Gasteiger partial charge on any atom is 0.472 e. The third kappa shape index (κ3) is 37.5. The molecule has 0 rings (SSSR count). The van der Waals surface area contributed by atoms with Gasteiger partial charge in [-0.3, -0.25) is 18.6 Å². The molecular formula is C42H74NO8P. The minimum atomic E-state index is -4.36. The summed E-state index contributed by atoms with van der Waals surface area (Å²) in [7, 11) is -2.67. The van der Waals surface area contributed by atoms with Crippen molar-refractivity contribution in [2.24, 2.45) is 0 Å². The summed E-state index contributed by atoms with van der Waals surface area (Å²) in [6.07, 6.45) is 42.6. The van der Waals surface area contributed by atoms with Crippen LogP contribution in [0.5, 0.6) is 0 Å². The van der Waals surface area contributed by atoms with Gasteiger partial charge < -0.3 is 19.7 Å². The summed E-state index contributed by atoms with van der Waals surface area (Å²) < 4.78 is 33.1. The standard InChI is InChI=1S/C42H74NO8P/c1-4-6-8-10-12-14-16-18-20-22-24-26-28-30-32-34-41(44)48-38-40(39-50-52(46,47)49-37-36-43-3)51-42(45)35-33-31-29-27-25-23-21-19-17-15-13-11-9-7-5-2/h12-15,18-21,25,27,40,43H,4-11,16-17,22-24,26,28-39H2,1-3H3,(H,46,47)/b14-12-,15-13-,20-18-,21-19-,27-25-. The van der Waals surface area contributed by atoms with Crippen LogP contribution < -0.4 is 5.32 Å². The van der Waals surface area contributed by atoms with Crippen LogP contribution in [0.2, 0.25) is 0 Å². The average molecular weight is 752 g/mol.